The zero-order chi connectivity index (χ0) is 21.0. The first-order valence-corrected chi connectivity index (χ1v) is 10.5. The minimum absolute atomic E-state index is 0.0390. The Morgan fingerprint density at radius 3 is 2.97 bits per heavy atom. The van der Waals surface area contributed by atoms with Gasteiger partial charge in [0.15, 0.2) is 5.76 Å². The third kappa shape index (κ3) is 5.00. The van der Waals surface area contributed by atoms with Crippen LogP contribution in [-0.4, -0.2) is 52.3 Å². The molecule has 0 unspecified atom stereocenters. The number of anilines is 1. The van der Waals surface area contributed by atoms with Crippen LogP contribution in [-0.2, 0) is 20.9 Å². The van der Waals surface area contributed by atoms with Crippen LogP contribution in [0.1, 0.15) is 41.4 Å². The van der Waals surface area contributed by atoms with Crippen LogP contribution in [0.2, 0.25) is 0 Å². The van der Waals surface area contributed by atoms with Crippen molar-refractivity contribution in [3.05, 3.63) is 53.6 Å². The molecule has 3 rings (SSSR count). The summed E-state index contributed by atoms with van der Waals surface area (Å²) in [6.07, 6.45) is 4.70. The SMILES string of the molecule is CCS(=O)(=O)O/C=C1/C[C@@H](Nc2ncncc2C(=O)c2cc(CO)co2)C[C@@H]1O. The van der Waals surface area contributed by atoms with E-state index in [1.54, 1.807) is 0 Å². The molecular weight excluding hydrogens is 402 g/mol. The van der Waals surface area contributed by atoms with Crippen LogP contribution in [0.5, 0.6) is 0 Å². The summed E-state index contributed by atoms with van der Waals surface area (Å²) in [6, 6.07) is 1.14. The Labute approximate surface area is 167 Å². The fraction of sp³-hybridized carbons (Fsp3) is 0.389. The molecule has 29 heavy (non-hydrogen) atoms. The first kappa shape index (κ1) is 21.0. The Morgan fingerprint density at radius 2 is 2.28 bits per heavy atom. The summed E-state index contributed by atoms with van der Waals surface area (Å²) in [5, 5.41) is 22.4. The standard InChI is InChI=1S/C18H21N3O7S/c1-2-29(25,26)28-9-12-4-13(5-15(12)23)21-18-14(6-19-10-20-18)17(24)16-3-11(7-22)8-27-16/h3,6,8-10,13,15,22-23H,2,4-5,7H2,1H3,(H,19,20,21)/b12-9-/t13-,15+/m1/s1. The fourth-order valence-corrected chi connectivity index (χ4v) is 3.29. The quantitative estimate of drug-likeness (QED) is 0.318. The molecule has 2 heterocycles. The number of hydrogen-bond acceptors (Lipinski definition) is 10. The molecule has 156 valence electrons. The van der Waals surface area contributed by atoms with Crippen molar-refractivity contribution in [2.75, 3.05) is 11.1 Å². The van der Waals surface area contributed by atoms with E-state index in [0.717, 1.165) is 6.26 Å². The Hall–Kier alpha value is -2.76. The second-order valence-electron chi connectivity index (χ2n) is 6.52. The van der Waals surface area contributed by atoms with Crippen molar-refractivity contribution in [3.8, 4) is 0 Å². The van der Waals surface area contributed by atoms with Crippen LogP contribution in [0.3, 0.4) is 0 Å². The predicted molar refractivity (Wildman–Crippen MR) is 101 cm³/mol. The number of ketones is 1. The van der Waals surface area contributed by atoms with E-state index in [9.17, 15) is 18.3 Å². The minimum atomic E-state index is -3.66. The van der Waals surface area contributed by atoms with Gasteiger partial charge in [0.05, 0.1) is 30.3 Å². The predicted octanol–water partition coefficient (Wildman–Crippen LogP) is 0.978. The van der Waals surface area contributed by atoms with Gasteiger partial charge in [0, 0.05) is 17.8 Å². The Morgan fingerprint density at radius 1 is 1.48 bits per heavy atom. The smallest absolute Gasteiger partial charge is 0.308 e. The topological polar surface area (TPSA) is 152 Å². The number of carbonyl (C=O) groups is 1. The van der Waals surface area contributed by atoms with Gasteiger partial charge in [-0.05, 0) is 31.4 Å². The van der Waals surface area contributed by atoms with Gasteiger partial charge in [-0.3, -0.25) is 4.79 Å². The molecule has 2 aromatic heterocycles. The monoisotopic (exact) mass is 423 g/mol. The van der Waals surface area contributed by atoms with Gasteiger partial charge in [-0.25, -0.2) is 9.97 Å². The van der Waals surface area contributed by atoms with Crippen molar-refractivity contribution in [2.24, 2.45) is 0 Å². The molecule has 3 N–H and O–H groups in total. The zero-order valence-electron chi connectivity index (χ0n) is 15.6. The average Bonchev–Trinajstić information content (AvgIpc) is 3.33. The van der Waals surface area contributed by atoms with Gasteiger partial charge in [-0.15, -0.1) is 0 Å². The first-order chi connectivity index (χ1) is 13.8. The van der Waals surface area contributed by atoms with E-state index in [1.807, 2.05) is 0 Å². The highest BCUT2D eigenvalue weighted by molar-refractivity contribution is 7.86. The number of hydrogen-bond donors (Lipinski definition) is 3. The number of aliphatic hydroxyl groups is 2. The summed E-state index contributed by atoms with van der Waals surface area (Å²) < 4.78 is 32.9. The van der Waals surface area contributed by atoms with Crippen LogP contribution in [0.15, 0.2) is 41.1 Å². The van der Waals surface area contributed by atoms with Gasteiger partial charge in [-0.2, -0.15) is 8.42 Å². The van der Waals surface area contributed by atoms with Crippen molar-refractivity contribution in [1.29, 1.82) is 0 Å². The lowest BCUT2D eigenvalue weighted by Gasteiger charge is -2.14. The highest BCUT2D eigenvalue weighted by atomic mass is 32.2. The molecule has 0 bridgehead atoms. The summed E-state index contributed by atoms with van der Waals surface area (Å²) in [4.78, 5) is 20.7. The van der Waals surface area contributed by atoms with E-state index in [0.29, 0.717) is 17.6 Å². The second kappa shape index (κ2) is 8.72. The summed E-state index contributed by atoms with van der Waals surface area (Å²) in [7, 11) is -3.66. The van der Waals surface area contributed by atoms with Crippen LogP contribution < -0.4 is 5.32 Å². The van der Waals surface area contributed by atoms with E-state index in [-0.39, 0.29) is 42.0 Å². The lowest BCUT2D eigenvalue weighted by atomic mass is 10.1. The Bertz CT molecular complexity index is 1020. The normalized spacial score (nSPS) is 20.7. The zero-order valence-corrected chi connectivity index (χ0v) is 16.4. The molecule has 0 aromatic carbocycles. The van der Waals surface area contributed by atoms with Crippen LogP contribution >= 0.6 is 0 Å². The van der Waals surface area contributed by atoms with Crippen LogP contribution in [0.4, 0.5) is 5.82 Å². The number of nitrogens with zero attached hydrogens (tertiary/aromatic N) is 2. The molecular formula is C18H21N3O7S. The number of furan rings is 1. The molecule has 1 saturated carbocycles. The number of carbonyl (C=O) groups excluding carboxylic acids is 1. The maximum Gasteiger partial charge on any atom is 0.308 e. The molecule has 0 spiro atoms. The van der Waals surface area contributed by atoms with Gasteiger partial charge in [0.25, 0.3) is 0 Å². The van der Waals surface area contributed by atoms with Gasteiger partial charge in [-0.1, -0.05) is 0 Å². The van der Waals surface area contributed by atoms with Crippen molar-refractivity contribution in [1.82, 2.24) is 9.97 Å². The van der Waals surface area contributed by atoms with Gasteiger partial charge in [0.2, 0.25) is 5.78 Å². The molecule has 2 atom stereocenters. The maximum absolute atomic E-state index is 12.7. The number of nitrogens with one attached hydrogen (secondary N) is 1. The molecule has 2 aromatic rings. The van der Waals surface area contributed by atoms with Crippen LogP contribution in [0.25, 0.3) is 0 Å². The molecule has 0 radical (unpaired) electrons. The molecule has 1 aliphatic rings. The first-order valence-electron chi connectivity index (χ1n) is 8.90. The molecule has 1 aliphatic carbocycles. The van der Waals surface area contributed by atoms with Crippen molar-refractivity contribution >= 4 is 21.7 Å². The molecule has 10 nitrogen and oxygen atoms in total. The molecule has 0 saturated heterocycles. The molecule has 0 amide bonds. The highest BCUT2D eigenvalue weighted by Gasteiger charge is 2.30. The lowest BCUT2D eigenvalue weighted by Crippen LogP contribution is -2.20. The maximum atomic E-state index is 12.7. The van der Waals surface area contributed by atoms with E-state index in [1.165, 1.54) is 31.8 Å². The second-order valence-corrected chi connectivity index (χ2v) is 8.41. The number of aliphatic hydroxyl groups excluding tert-OH is 2. The molecule has 1 fully saturated rings. The van der Waals surface area contributed by atoms with Crippen molar-refractivity contribution in [3.63, 3.8) is 0 Å². The van der Waals surface area contributed by atoms with E-state index >= 15 is 0 Å². The highest BCUT2D eigenvalue weighted by Crippen LogP contribution is 2.29. The van der Waals surface area contributed by atoms with Crippen LogP contribution in [0, 0.1) is 0 Å². The Balaban J connectivity index is 1.74. The average molecular weight is 423 g/mol. The Kier molecular flexibility index (Phi) is 6.30. The van der Waals surface area contributed by atoms with E-state index < -0.39 is 22.0 Å². The summed E-state index contributed by atoms with van der Waals surface area (Å²) in [5.74, 6) is -0.338. The number of aromatic nitrogens is 2. The lowest BCUT2D eigenvalue weighted by molar-refractivity contribution is 0.101. The van der Waals surface area contributed by atoms with Crippen molar-refractivity contribution in [2.45, 2.75) is 38.5 Å². The molecule has 0 aliphatic heterocycles. The largest absolute Gasteiger partial charge is 0.460 e. The molecule has 11 heteroatoms. The summed E-state index contributed by atoms with van der Waals surface area (Å²) in [5.41, 5.74) is 1.07. The third-order valence-corrected chi connectivity index (χ3v) is 5.57. The number of rotatable bonds is 8. The summed E-state index contributed by atoms with van der Waals surface area (Å²) in [6.45, 7) is 1.21. The van der Waals surface area contributed by atoms with Crippen molar-refractivity contribution < 1.29 is 32.0 Å². The fourth-order valence-electron chi connectivity index (χ4n) is 2.88. The third-order valence-electron chi connectivity index (χ3n) is 4.48. The van der Waals surface area contributed by atoms with E-state index in [4.69, 9.17) is 13.7 Å². The van der Waals surface area contributed by atoms with Gasteiger partial charge < -0.3 is 24.1 Å². The minimum Gasteiger partial charge on any atom is -0.460 e. The summed E-state index contributed by atoms with van der Waals surface area (Å²) >= 11 is 0. The van der Waals surface area contributed by atoms with Gasteiger partial charge in [0.1, 0.15) is 18.4 Å². The van der Waals surface area contributed by atoms with Gasteiger partial charge >= 0.3 is 10.1 Å². The van der Waals surface area contributed by atoms with E-state index in [2.05, 4.69) is 15.3 Å².